The molecule has 0 aliphatic rings. The zero-order chi connectivity index (χ0) is 14.8. The fourth-order valence-corrected chi connectivity index (χ4v) is 3.19. The standard InChI is InChI=1S/C15H17ClNO2S/c1-15(16,14(18)19-3)10-6-9-13-17(2)11-7-4-5-8-12(11)20-13/h4-9H,10H2,1-3H3/q+1. The molecule has 0 saturated heterocycles. The summed E-state index contributed by atoms with van der Waals surface area (Å²) in [5.74, 6) is -0.412. The van der Waals surface area contributed by atoms with Crippen LogP contribution < -0.4 is 4.57 Å². The zero-order valence-electron chi connectivity index (χ0n) is 11.7. The highest BCUT2D eigenvalue weighted by atomic mass is 35.5. The van der Waals surface area contributed by atoms with Crippen molar-refractivity contribution >= 4 is 45.2 Å². The van der Waals surface area contributed by atoms with E-state index in [1.54, 1.807) is 18.3 Å². The minimum absolute atomic E-state index is 0.412. The number of hydrogen-bond acceptors (Lipinski definition) is 3. The number of fused-ring (bicyclic) bond motifs is 1. The van der Waals surface area contributed by atoms with Gasteiger partial charge in [-0.25, -0.2) is 0 Å². The summed E-state index contributed by atoms with van der Waals surface area (Å²) in [4.78, 5) is 10.5. The molecule has 0 fully saturated rings. The summed E-state index contributed by atoms with van der Waals surface area (Å²) in [6.07, 6.45) is 4.33. The number of nitrogens with zero attached hydrogens (tertiary/aromatic N) is 1. The molecule has 20 heavy (non-hydrogen) atoms. The molecule has 0 saturated carbocycles. The maximum atomic E-state index is 11.5. The Labute approximate surface area is 127 Å². The molecular formula is C15H17ClNO2S+. The molecule has 0 amide bonds. The summed E-state index contributed by atoms with van der Waals surface area (Å²) in [6, 6.07) is 8.23. The smallest absolute Gasteiger partial charge is 0.326 e. The van der Waals surface area contributed by atoms with Crippen molar-refractivity contribution in [3.05, 3.63) is 35.3 Å². The average Bonchev–Trinajstić information content (AvgIpc) is 2.75. The highest BCUT2D eigenvalue weighted by molar-refractivity contribution is 7.18. The Hall–Kier alpha value is -1.39. The zero-order valence-corrected chi connectivity index (χ0v) is 13.3. The van der Waals surface area contributed by atoms with Crippen LogP contribution in [-0.4, -0.2) is 18.0 Å². The number of hydrogen-bond donors (Lipinski definition) is 0. The average molecular weight is 311 g/mol. The predicted octanol–water partition coefficient (Wildman–Crippen LogP) is 3.30. The number of para-hydroxylation sites is 1. The van der Waals surface area contributed by atoms with Gasteiger partial charge in [0, 0.05) is 12.1 Å². The van der Waals surface area contributed by atoms with E-state index in [0.717, 1.165) is 5.01 Å². The number of methoxy groups -OCH3 is 1. The van der Waals surface area contributed by atoms with Crippen LogP contribution in [0.15, 0.2) is 30.3 Å². The molecule has 0 spiro atoms. The lowest BCUT2D eigenvalue weighted by Crippen LogP contribution is -2.30. The van der Waals surface area contributed by atoms with Gasteiger partial charge in [0.25, 0.3) is 5.01 Å². The van der Waals surface area contributed by atoms with Gasteiger partial charge in [-0.15, -0.1) is 11.6 Å². The lowest BCUT2D eigenvalue weighted by Gasteiger charge is -2.15. The molecule has 1 unspecified atom stereocenters. The monoisotopic (exact) mass is 310 g/mol. The SMILES string of the molecule is COC(=O)C(C)(Cl)CC=Cc1sc2ccccc2[n+]1C. The molecule has 1 aromatic heterocycles. The number of allylic oxidation sites excluding steroid dienone is 1. The normalized spacial score (nSPS) is 14.6. The second-order valence-corrected chi connectivity index (χ2v) is 6.66. The van der Waals surface area contributed by atoms with E-state index in [4.69, 9.17) is 11.6 Å². The Morgan fingerprint density at radius 1 is 1.50 bits per heavy atom. The first-order valence-electron chi connectivity index (χ1n) is 6.27. The van der Waals surface area contributed by atoms with Crippen LogP contribution in [0.2, 0.25) is 0 Å². The molecule has 1 heterocycles. The molecule has 1 aromatic carbocycles. The lowest BCUT2D eigenvalue weighted by molar-refractivity contribution is -0.642. The lowest BCUT2D eigenvalue weighted by atomic mass is 10.1. The summed E-state index contributed by atoms with van der Waals surface area (Å²) in [7, 11) is 3.37. The van der Waals surface area contributed by atoms with Crippen LogP contribution in [0, 0.1) is 0 Å². The third kappa shape index (κ3) is 3.02. The third-order valence-corrected chi connectivity index (χ3v) is 4.64. The Morgan fingerprint density at radius 2 is 2.20 bits per heavy atom. The molecule has 1 atom stereocenters. The summed E-state index contributed by atoms with van der Waals surface area (Å²) in [5, 5.41) is 1.11. The van der Waals surface area contributed by atoms with Gasteiger partial charge in [0.1, 0.15) is 16.6 Å². The summed E-state index contributed by atoms with van der Waals surface area (Å²) in [5.41, 5.74) is 1.19. The number of aromatic nitrogens is 1. The van der Waals surface area contributed by atoms with Crippen LogP contribution in [0.3, 0.4) is 0 Å². The molecular weight excluding hydrogens is 294 g/mol. The van der Waals surface area contributed by atoms with E-state index in [2.05, 4.69) is 21.4 Å². The third-order valence-electron chi connectivity index (χ3n) is 3.14. The van der Waals surface area contributed by atoms with Gasteiger partial charge in [0.15, 0.2) is 0 Å². The predicted molar refractivity (Wildman–Crippen MR) is 82.9 cm³/mol. The second kappa shape index (κ2) is 5.94. The van der Waals surface area contributed by atoms with E-state index in [1.165, 1.54) is 17.3 Å². The molecule has 2 rings (SSSR count). The van der Waals surface area contributed by atoms with Crippen molar-refractivity contribution in [1.82, 2.24) is 0 Å². The van der Waals surface area contributed by atoms with Gasteiger partial charge < -0.3 is 4.74 Å². The minimum atomic E-state index is -1.01. The van der Waals surface area contributed by atoms with Crippen molar-refractivity contribution in [2.75, 3.05) is 7.11 Å². The quantitative estimate of drug-likeness (QED) is 0.493. The van der Waals surface area contributed by atoms with Gasteiger partial charge in [-0.3, -0.25) is 4.79 Å². The Morgan fingerprint density at radius 3 is 2.85 bits per heavy atom. The maximum absolute atomic E-state index is 11.5. The van der Waals surface area contributed by atoms with E-state index in [0.29, 0.717) is 6.42 Å². The first-order chi connectivity index (χ1) is 9.45. The van der Waals surface area contributed by atoms with Crippen molar-refractivity contribution in [3.8, 4) is 0 Å². The number of rotatable bonds is 4. The number of esters is 1. The molecule has 106 valence electrons. The number of halogens is 1. The number of benzene rings is 1. The van der Waals surface area contributed by atoms with E-state index >= 15 is 0 Å². The first-order valence-corrected chi connectivity index (χ1v) is 7.46. The van der Waals surface area contributed by atoms with Gasteiger partial charge in [-0.05, 0) is 19.4 Å². The first kappa shape index (κ1) is 15.0. The van der Waals surface area contributed by atoms with E-state index in [-0.39, 0.29) is 0 Å². The van der Waals surface area contributed by atoms with Crippen LogP contribution in [0.5, 0.6) is 0 Å². The van der Waals surface area contributed by atoms with Crippen LogP contribution in [0.4, 0.5) is 0 Å². The minimum Gasteiger partial charge on any atom is -0.468 e. The molecule has 0 N–H and O–H groups in total. The van der Waals surface area contributed by atoms with E-state index < -0.39 is 10.8 Å². The molecule has 0 aliphatic heterocycles. The van der Waals surface area contributed by atoms with Gasteiger partial charge in [-0.1, -0.05) is 29.5 Å². The molecule has 5 heteroatoms. The Balaban J connectivity index is 2.18. The molecule has 3 nitrogen and oxygen atoms in total. The van der Waals surface area contributed by atoms with Gasteiger partial charge in [-0.2, -0.15) is 4.57 Å². The second-order valence-electron chi connectivity index (χ2n) is 4.76. The number of alkyl halides is 1. The van der Waals surface area contributed by atoms with Crippen molar-refractivity contribution in [1.29, 1.82) is 0 Å². The molecule has 0 radical (unpaired) electrons. The fourth-order valence-electron chi connectivity index (χ4n) is 1.94. The number of aryl methyl sites for hydroxylation is 1. The molecule has 0 aliphatic carbocycles. The fraction of sp³-hybridized carbons (Fsp3) is 0.333. The van der Waals surface area contributed by atoms with Crippen molar-refractivity contribution in [3.63, 3.8) is 0 Å². The van der Waals surface area contributed by atoms with Gasteiger partial charge in [0.05, 0.1) is 7.11 Å². The Bertz CT molecular complexity index is 661. The van der Waals surface area contributed by atoms with Crippen molar-refractivity contribution in [2.24, 2.45) is 7.05 Å². The van der Waals surface area contributed by atoms with Crippen LogP contribution in [-0.2, 0) is 16.6 Å². The number of carbonyl (C=O) groups is 1. The number of carbonyl (C=O) groups excluding carboxylic acids is 1. The van der Waals surface area contributed by atoms with Gasteiger partial charge in [0.2, 0.25) is 5.52 Å². The van der Waals surface area contributed by atoms with E-state index in [1.807, 2.05) is 31.3 Å². The van der Waals surface area contributed by atoms with Crippen molar-refractivity contribution in [2.45, 2.75) is 18.2 Å². The number of thiazole rings is 1. The topological polar surface area (TPSA) is 30.2 Å². The summed E-state index contributed by atoms with van der Waals surface area (Å²) in [6.45, 7) is 1.66. The van der Waals surface area contributed by atoms with Crippen LogP contribution in [0.25, 0.3) is 16.3 Å². The molecule has 0 bridgehead atoms. The van der Waals surface area contributed by atoms with Crippen LogP contribution >= 0.6 is 22.9 Å². The van der Waals surface area contributed by atoms with Gasteiger partial charge >= 0.3 is 5.97 Å². The maximum Gasteiger partial charge on any atom is 0.326 e. The number of ether oxygens (including phenoxy) is 1. The summed E-state index contributed by atoms with van der Waals surface area (Å²) >= 11 is 7.85. The molecule has 2 aromatic rings. The largest absolute Gasteiger partial charge is 0.468 e. The highest BCUT2D eigenvalue weighted by Gasteiger charge is 2.30. The van der Waals surface area contributed by atoms with Crippen LogP contribution in [0.1, 0.15) is 18.4 Å². The summed E-state index contributed by atoms with van der Waals surface area (Å²) < 4.78 is 8.04. The van der Waals surface area contributed by atoms with E-state index in [9.17, 15) is 4.79 Å². The highest BCUT2D eigenvalue weighted by Crippen LogP contribution is 2.24. The Kier molecular flexibility index (Phi) is 4.45. The van der Waals surface area contributed by atoms with Crippen molar-refractivity contribution < 1.29 is 14.1 Å².